The second-order valence-corrected chi connectivity index (χ2v) is 2.86. The molecule has 0 aliphatic rings. The van der Waals surface area contributed by atoms with Crippen LogP contribution >= 0.6 is 0 Å². The zero-order chi connectivity index (χ0) is 9.97. The van der Waals surface area contributed by atoms with Gasteiger partial charge in [-0.25, -0.2) is 4.68 Å². The molecule has 0 amide bonds. The zero-order valence-corrected chi connectivity index (χ0v) is 7.53. The second kappa shape index (κ2) is 3.54. The minimum absolute atomic E-state index is 0.385. The van der Waals surface area contributed by atoms with Crippen LogP contribution in [0, 0.1) is 0 Å². The number of hydrogen-bond acceptors (Lipinski definition) is 6. The van der Waals surface area contributed by atoms with Gasteiger partial charge in [-0.15, -0.1) is 5.10 Å². The highest BCUT2D eigenvalue weighted by Crippen LogP contribution is 2.06. The van der Waals surface area contributed by atoms with Crippen LogP contribution in [0.15, 0.2) is 17.1 Å². The van der Waals surface area contributed by atoms with Crippen molar-refractivity contribution in [2.45, 2.75) is 19.6 Å². The number of hydrogen-bond donors (Lipinski definition) is 1. The van der Waals surface area contributed by atoms with E-state index in [1.165, 1.54) is 11.1 Å². The van der Waals surface area contributed by atoms with Crippen LogP contribution in [0.5, 0.6) is 0 Å². The van der Waals surface area contributed by atoms with Crippen LogP contribution in [0.2, 0.25) is 0 Å². The molecule has 1 atom stereocenters. The summed E-state index contributed by atoms with van der Waals surface area (Å²) in [6.45, 7) is 2.01. The van der Waals surface area contributed by atoms with Crippen LogP contribution in [0.3, 0.4) is 0 Å². The van der Waals surface area contributed by atoms with Crippen molar-refractivity contribution in [3.63, 3.8) is 0 Å². The lowest BCUT2D eigenvalue weighted by atomic mass is 10.3. The molecule has 0 aliphatic carbocycles. The highest BCUT2D eigenvalue weighted by molar-refractivity contribution is 4.96. The van der Waals surface area contributed by atoms with Gasteiger partial charge in [0.25, 0.3) is 0 Å². The summed E-state index contributed by atoms with van der Waals surface area (Å²) in [6.07, 6.45) is 2.28. The smallest absolute Gasteiger partial charge is 0.213 e. The van der Waals surface area contributed by atoms with Crippen LogP contribution in [0.1, 0.15) is 24.5 Å². The topological polar surface area (TPSA) is 89.9 Å². The number of aliphatic hydroxyl groups excluding tert-OH is 1. The number of rotatable bonds is 3. The predicted molar refractivity (Wildman–Crippen MR) is 44.1 cm³/mol. The van der Waals surface area contributed by atoms with Gasteiger partial charge < -0.3 is 9.63 Å². The lowest BCUT2D eigenvalue weighted by molar-refractivity contribution is 0.194. The number of nitrogens with zero attached hydrogens (tertiary/aromatic N) is 5. The first kappa shape index (κ1) is 8.82. The lowest BCUT2D eigenvalue weighted by Crippen LogP contribution is -2.01. The predicted octanol–water partition coefficient (Wildman–Crippen LogP) is -0.237. The largest absolute Gasteiger partial charge is 0.387 e. The van der Waals surface area contributed by atoms with E-state index in [1.807, 2.05) is 0 Å². The van der Waals surface area contributed by atoms with Gasteiger partial charge in [0.05, 0.1) is 12.3 Å². The zero-order valence-electron chi connectivity index (χ0n) is 7.53. The average molecular weight is 195 g/mol. The van der Waals surface area contributed by atoms with Crippen molar-refractivity contribution in [3.8, 4) is 0 Å². The van der Waals surface area contributed by atoms with Gasteiger partial charge in [0.1, 0.15) is 12.2 Å². The van der Waals surface area contributed by atoms with Gasteiger partial charge in [0.2, 0.25) is 6.39 Å². The van der Waals surface area contributed by atoms with Crippen LogP contribution < -0.4 is 0 Å². The quantitative estimate of drug-likeness (QED) is 0.727. The van der Waals surface area contributed by atoms with E-state index in [1.54, 1.807) is 13.1 Å². The maximum absolute atomic E-state index is 9.20. The molecule has 0 aromatic carbocycles. The van der Waals surface area contributed by atoms with Gasteiger partial charge in [-0.2, -0.15) is 4.98 Å². The summed E-state index contributed by atoms with van der Waals surface area (Å²) in [4.78, 5) is 3.84. The van der Waals surface area contributed by atoms with E-state index in [0.29, 0.717) is 18.1 Å². The molecule has 2 heterocycles. The summed E-state index contributed by atoms with van der Waals surface area (Å²) >= 11 is 0. The Morgan fingerprint density at radius 1 is 1.64 bits per heavy atom. The van der Waals surface area contributed by atoms with E-state index in [0.717, 1.165) is 0 Å². The van der Waals surface area contributed by atoms with E-state index in [-0.39, 0.29) is 0 Å². The summed E-state index contributed by atoms with van der Waals surface area (Å²) in [7, 11) is 0. The van der Waals surface area contributed by atoms with E-state index < -0.39 is 6.10 Å². The molecule has 0 spiro atoms. The Hall–Kier alpha value is -1.76. The standard InChI is InChI=1S/C7H9N5O2/c1-5(13)6-2-12(11-9-6)3-7-8-4-14-10-7/h2,4-5,13H,3H2,1H3. The minimum atomic E-state index is -0.617. The summed E-state index contributed by atoms with van der Waals surface area (Å²) in [5.41, 5.74) is 0.522. The summed E-state index contributed by atoms with van der Waals surface area (Å²) < 4.78 is 6.10. The molecular weight excluding hydrogens is 186 g/mol. The first-order valence-electron chi connectivity index (χ1n) is 4.09. The van der Waals surface area contributed by atoms with E-state index in [2.05, 4.69) is 25.0 Å². The second-order valence-electron chi connectivity index (χ2n) is 2.86. The van der Waals surface area contributed by atoms with Crippen molar-refractivity contribution in [1.82, 2.24) is 25.1 Å². The molecule has 2 aromatic rings. The Morgan fingerprint density at radius 2 is 2.50 bits per heavy atom. The van der Waals surface area contributed by atoms with E-state index >= 15 is 0 Å². The molecule has 0 aliphatic heterocycles. The van der Waals surface area contributed by atoms with Crippen molar-refractivity contribution in [2.24, 2.45) is 0 Å². The summed E-state index contributed by atoms with van der Waals surface area (Å²) in [5.74, 6) is 0.520. The molecule has 0 fully saturated rings. The van der Waals surface area contributed by atoms with E-state index in [4.69, 9.17) is 0 Å². The summed E-state index contributed by atoms with van der Waals surface area (Å²) in [6, 6.07) is 0. The van der Waals surface area contributed by atoms with Crippen molar-refractivity contribution in [3.05, 3.63) is 24.1 Å². The van der Waals surface area contributed by atoms with Crippen molar-refractivity contribution < 1.29 is 9.63 Å². The number of aromatic nitrogens is 5. The molecule has 2 aromatic heterocycles. The molecular formula is C7H9N5O2. The van der Waals surface area contributed by atoms with E-state index in [9.17, 15) is 5.11 Å². The van der Waals surface area contributed by atoms with Gasteiger partial charge in [-0.05, 0) is 6.92 Å². The Balaban J connectivity index is 2.11. The third-order valence-corrected chi connectivity index (χ3v) is 1.69. The number of aliphatic hydroxyl groups is 1. The Morgan fingerprint density at radius 3 is 3.07 bits per heavy atom. The van der Waals surface area contributed by atoms with Crippen molar-refractivity contribution >= 4 is 0 Å². The maximum Gasteiger partial charge on any atom is 0.213 e. The molecule has 0 bridgehead atoms. The van der Waals surface area contributed by atoms with Gasteiger partial charge >= 0.3 is 0 Å². The van der Waals surface area contributed by atoms with Crippen LogP contribution in [-0.4, -0.2) is 30.2 Å². The molecule has 7 nitrogen and oxygen atoms in total. The van der Waals surface area contributed by atoms with Crippen LogP contribution in [-0.2, 0) is 6.54 Å². The van der Waals surface area contributed by atoms with Gasteiger partial charge in [-0.1, -0.05) is 10.4 Å². The SMILES string of the molecule is CC(O)c1cn(Cc2ncon2)nn1. The maximum atomic E-state index is 9.20. The fourth-order valence-corrected chi connectivity index (χ4v) is 0.989. The third kappa shape index (κ3) is 1.77. The van der Waals surface area contributed by atoms with Crippen LogP contribution in [0.25, 0.3) is 0 Å². The Kier molecular flexibility index (Phi) is 2.23. The molecule has 1 unspecified atom stereocenters. The summed E-state index contributed by atoms with van der Waals surface area (Å²) in [5, 5.41) is 20.4. The van der Waals surface area contributed by atoms with Gasteiger partial charge in [0, 0.05) is 0 Å². The minimum Gasteiger partial charge on any atom is -0.387 e. The molecule has 74 valence electrons. The fourth-order valence-electron chi connectivity index (χ4n) is 0.989. The normalized spacial score (nSPS) is 13.0. The average Bonchev–Trinajstić information content (AvgIpc) is 2.75. The van der Waals surface area contributed by atoms with Crippen molar-refractivity contribution in [2.75, 3.05) is 0 Å². The Labute approximate surface area is 79.4 Å². The first-order valence-corrected chi connectivity index (χ1v) is 4.09. The van der Waals surface area contributed by atoms with Crippen LogP contribution in [0.4, 0.5) is 0 Å². The third-order valence-electron chi connectivity index (χ3n) is 1.69. The monoisotopic (exact) mass is 195 g/mol. The van der Waals surface area contributed by atoms with Crippen molar-refractivity contribution in [1.29, 1.82) is 0 Å². The highest BCUT2D eigenvalue weighted by Gasteiger charge is 2.07. The molecule has 0 saturated heterocycles. The molecule has 1 N–H and O–H groups in total. The van der Waals surface area contributed by atoms with Gasteiger partial charge in [0.15, 0.2) is 5.82 Å². The molecule has 14 heavy (non-hydrogen) atoms. The fraction of sp³-hybridized carbons (Fsp3) is 0.429. The molecule has 0 radical (unpaired) electrons. The first-order chi connectivity index (χ1) is 6.75. The molecule has 2 rings (SSSR count). The Bertz CT molecular complexity index is 394. The lowest BCUT2D eigenvalue weighted by Gasteiger charge is -1.95. The highest BCUT2D eigenvalue weighted by atomic mass is 16.5. The van der Waals surface area contributed by atoms with Gasteiger partial charge in [-0.3, -0.25) is 0 Å². The molecule has 0 saturated carbocycles. The molecule has 7 heteroatoms.